The third-order valence-electron chi connectivity index (χ3n) is 3.46. The zero-order valence-corrected chi connectivity index (χ0v) is 13.2. The molecular weight excluding hydrogens is 311 g/mol. The van der Waals surface area contributed by atoms with Crippen LogP contribution in [0, 0.1) is 12.7 Å². The maximum atomic E-state index is 13.5. The fraction of sp³-hybridized carbons (Fsp3) is 0.176. The molecule has 0 aliphatic heterocycles. The molecule has 2 heterocycles. The number of aryl methyl sites for hydroxylation is 1. The van der Waals surface area contributed by atoms with Gasteiger partial charge in [0.2, 0.25) is 0 Å². The number of halogens is 1. The first-order valence-corrected chi connectivity index (χ1v) is 7.28. The summed E-state index contributed by atoms with van der Waals surface area (Å²) in [6.45, 7) is 1.97. The summed E-state index contributed by atoms with van der Waals surface area (Å²) >= 11 is 0. The fourth-order valence-electron chi connectivity index (χ4n) is 2.20. The molecule has 0 N–H and O–H groups in total. The Labute approximate surface area is 137 Å². The van der Waals surface area contributed by atoms with Gasteiger partial charge in [0.25, 0.3) is 0 Å². The van der Waals surface area contributed by atoms with Crippen molar-refractivity contribution in [2.24, 2.45) is 10.2 Å². The van der Waals surface area contributed by atoms with Crippen LogP contribution in [0.25, 0.3) is 5.65 Å². The van der Waals surface area contributed by atoms with Crippen LogP contribution < -0.4 is 0 Å². The molecule has 7 heteroatoms. The number of pyridine rings is 1. The number of rotatable bonds is 4. The zero-order valence-electron chi connectivity index (χ0n) is 13.2. The van der Waals surface area contributed by atoms with E-state index in [1.165, 1.54) is 29.8 Å². The number of imidazole rings is 1. The fourth-order valence-corrected chi connectivity index (χ4v) is 2.20. The normalized spacial score (nSPS) is 11.3. The summed E-state index contributed by atoms with van der Waals surface area (Å²) in [5, 5.41) is 8.33. The van der Waals surface area contributed by atoms with Crippen molar-refractivity contribution in [2.75, 3.05) is 7.11 Å². The van der Waals surface area contributed by atoms with Gasteiger partial charge in [0.05, 0.1) is 24.9 Å². The van der Waals surface area contributed by atoms with E-state index >= 15 is 0 Å². The first-order chi connectivity index (χ1) is 11.6. The molecule has 0 aliphatic carbocycles. The van der Waals surface area contributed by atoms with E-state index in [1.807, 2.05) is 31.2 Å². The highest BCUT2D eigenvalue weighted by molar-refractivity contribution is 5.74. The number of azo groups is 1. The number of hydrogen-bond donors (Lipinski definition) is 0. The molecule has 0 bridgehead atoms. The average molecular weight is 326 g/mol. The molecule has 0 spiro atoms. The number of hydrogen-bond acceptors (Lipinski definition) is 5. The van der Waals surface area contributed by atoms with Crippen molar-refractivity contribution in [3.05, 3.63) is 59.7 Å². The number of ether oxygens (including phenoxy) is 1. The van der Waals surface area contributed by atoms with Crippen molar-refractivity contribution >= 4 is 23.1 Å². The van der Waals surface area contributed by atoms with E-state index in [0.717, 1.165) is 5.56 Å². The predicted molar refractivity (Wildman–Crippen MR) is 86.2 cm³/mol. The van der Waals surface area contributed by atoms with Gasteiger partial charge in [0, 0.05) is 6.20 Å². The predicted octanol–water partition coefficient (Wildman–Crippen LogP) is 3.91. The van der Waals surface area contributed by atoms with E-state index in [1.54, 1.807) is 0 Å². The largest absolute Gasteiger partial charge is 0.469 e. The molecule has 122 valence electrons. The number of esters is 1. The zero-order chi connectivity index (χ0) is 17.1. The van der Waals surface area contributed by atoms with Crippen LogP contribution in [0.1, 0.15) is 11.3 Å². The SMILES string of the molecule is COC(=O)Cc1nc2ccc(F)cn2c1N=Nc1ccc(C)cc1. The Balaban J connectivity index is 2.05. The maximum absolute atomic E-state index is 13.5. The third-order valence-corrected chi connectivity index (χ3v) is 3.46. The molecule has 0 atom stereocenters. The summed E-state index contributed by atoms with van der Waals surface area (Å²) in [7, 11) is 1.30. The molecular formula is C17H15FN4O2. The van der Waals surface area contributed by atoms with Gasteiger partial charge in [-0.25, -0.2) is 9.37 Å². The molecule has 2 aromatic heterocycles. The number of methoxy groups -OCH3 is 1. The van der Waals surface area contributed by atoms with Gasteiger partial charge < -0.3 is 4.74 Å². The summed E-state index contributed by atoms with van der Waals surface area (Å²) in [4.78, 5) is 15.9. The highest BCUT2D eigenvalue weighted by Crippen LogP contribution is 2.25. The monoisotopic (exact) mass is 326 g/mol. The Morgan fingerprint density at radius 3 is 2.67 bits per heavy atom. The summed E-state index contributed by atoms with van der Waals surface area (Å²) in [5.41, 5.74) is 2.62. The Morgan fingerprint density at radius 2 is 1.96 bits per heavy atom. The lowest BCUT2D eigenvalue weighted by atomic mass is 10.2. The minimum Gasteiger partial charge on any atom is -0.469 e. The van der Waals surface area contributed by atoms with E-state index in [0.29, 0.717) is 22.8 Å². The van der Waals surface area contributed by atoms with E-state index in [4.69, 9.17) is 0 Å². The Hall–Kier alpha value is -3.09. The molecule has 0 saturated heterocycles. The number of carbonyl (C=O) groups excluding carboxylic acids is 1. The van der Waals surface area contributed by atoms with Crippen molar-refractivity contribution < 1.29 is 13.9 Å². The van der Waals surface area contributed by atoms with Crippen LogP contribution in [-0.2, 0) is 16.0 Å². The van der Waals surface area contributed by atoms with Gasteiger partial charge in [-0.15, -0.1) is 10.2 Å². The van der Waals surface area contributed by atoms with Crippen molar-refractivity contribution in [1.82, 2.24) is 9.38 Å². The van der Waals surface area contributed by atoms with Crippen LogP contribution in [0.4, 0.5) is 15.9 Å². The second-order valence-electron chi connectivity index (χ2n) is 5.25. The highest BCUT2D eigenvalue weighted by Gasteiger charge is 2.16. The molecule has 0 saturated carbocycles. The highest BCUT2D eigenvalue weighted by atomic mass is 19.1. The van der Waals surface area contributed by atoms with Gasteiger partial charge in [-0.2, -0.15) is 0 Å². The molecule has 0 radical (unpaired) electrons. The van der Waals surface area contributed by atoms with E-state index in [-0.39, 0.29) is 6.42 Å². The van der Waals surface area contributed by atoms with Gasteiger partial charge in [-0.05, 0) is 31.2 Å². The summed E-state index contributed by atoms with van der Waals surface area (Å²) in [6, 6.07) is 10.3. The lowest BCUT2D eigenvalue weighted by Gasteiger charge is -1.99. The number of benzene rings is 1. The van der Waals surface area contributed by atoms with Gasteiger partial charge in [0.1, 0.15) is 11.5 Å². The third kappa shape index (κ3) is 3.29. The number of nitrogens with zero attached hydrogens (tertiary/aromatic N) is 4. The molecule has 6 nitrogen and oxygen atoms in total. The topological polar surface area (TPSA) is 68.3 Å². The van der Waals surface area contributed by atoms with Gasteiger partial charge in [-0.3, -0.25) is 9.20 Å². The summed E-state index contributed by atoms with van der Waals surface area (Å²) < 4.78 is 19.7. The van der Waals surface area contributed by atoms with Crippen molar-refractivity contribution in [3.63, 3.8) is 0 Å². The maximum Gasteiger partial charge on any atom is 0.311 e. The standard InChI is InChI=1S/C17H15FN4O2/c1-11-3-6-13(7-4-11)20-21-17-14(9-16(23)24-2)19-15-8-5-12(18)10-22(15)17/h3-8,10H,9H2,1-2H3. The molecule has 24 heavy (non-hydrogen) atoms. The molecule has 1 aromatic carbocycles. The first-order valence-electron chi connectivity index (χ1n) is 7.28. The van der Waals surface area contributed by atoms with Crippen molar-refractivity contribution in [2.45, 2.75) is 13.3 Å². The molecule has 3 aromatic rings. The molecule has 3 rings (SSSR count). The molecule has 0 amide bonds. The van der Waals surface area contributed by atoms with Crippen LogP contribution >= 0.6 is 0 Å². The average Bonchev–Trinajstić information content (AvgIpc) is 2.90. The van der Waals surface area contributed by atoms with Crippen LogP contribution in [0.15, 0.2) is 52.8 Å². The van der Waals surface area contributed by atoms with Gasteiger partial charge in [0.15, 0.2) is 5.82 Å². The van der Waals surface area contributed by atoms with Gasteiger partial charge >= 0.3 is 5.97 Å². The molecule has 0 aliphatic rings. The minimum atomic E-state index is -0.453. The lowest BCUT2D eigenvalue weighted by Crippen LogP contribution is -2.04. The second-order valence-corrected chi connectivity index (χ2v) is 5.25. The Kier molecular flexibility index (Phi) is 4.33. The summed E-state index contributed by atoms with van der Waals surface area (Å²) in [5.74, 6) is -0.586. The van der Waals surface area contributed by atoms with Crippen LogP contribution in [0.5, 0.6) is 0 Å². The number of aromatic nitrogens is 2. The minimum absolute atomic E-state index is 0.0674. The smallest absolute Gasteiger partial charge is 0.311 e. The van der Waals surface area contributed by atoms with Gasteiger partial charge in [-0.1, -0.05) is 17.7 Å². The van der Waals surface area contributed by atoms with Crippen molar-refractivity contribution in [3.8, 4) is 0 Å². The molecule has 0 fully saturated rings. The van der Waals surface area contributed by atoms with Crippen molar-refractivity contribution in [1.29, 1.82) is 0 Å². The quantitative estimate of drug-likeness (QED) is 0.539. The lowest BCUT2D eigenvalue weighted by molar-refractivity contribution is -0.139. The van der Waals surface area contributed by atoms with E-state index < -0.39 is 11.8 Å². The first kappa shape index (κ1) is 15.8. The Bertz CT molecular complexity index is 916. The summed E-state index contributed by atoms with van der Waals surface area (Å²) in [6.07, 6.45) is 1.19. The van der Waals surface area contributed by atoms with Crippen LogP contribution in [-0.4, -0.2) is 22.5 Å². The molecule has 0 unspecified atom stereocenters. The number of fused-ring (bicyclic) bond motifs is 1. The second kappa shape index (κ2) is 6.57. The van der Waals surface area contributed by atoms with E-state index in [9.17, 15) is 9.18 Å². The van der Waals surface area contributed by atoms with Crippen LogP contribution in [0.3, 0.4) is 0 Å². The Morgan fingerprint density at radius 1 is 1.21 bits per heavy atom. The van der Waals surface area contributed by atoms with Crippen LogP contribution in [0.2, 0.25) is 0 Å². The van der Waals surface area contributed by atoms with E-state index in [2.05, 4.69) is 19.9 Å². The number of carbonyl (C=O) groups is 1.